The summed E-state index contributed by atoms with van der Waals surface area (Å²) in [5.74, 6) is -1.00. The second-order valence-electron chi connectivity index (χ2n) is 5.75. The lowest BCUT2D eigenvalue weighted by atomic mass is 10.0. The van der Waals surface area contributed by atoms with Crippen molar-refractivity contribution in [3.8, 4) is 0 Å². The maximum absolute atomic E-state index is 12.5. The lowest BCUT2D eigenvalue weighted by molar-refractivity contribution is -0.127. The third kappa shape index (κ3) is 6.05. The van der Waals surface area contributed by atoms with E-state index in [2.05, 4.69) is 16.0 Å². The largest absolute Gasteiger partial charge is 0.355 e. The molecule has 0 spiro atoms. The van der Waals surface area contributed by atoms with Crippen LogP contribution < -0.4 is 16.0 Å². The number of nitrogens with one attached hydrogen (secondary N) is 3. The van der Waals surface area contributed by atoms with Crippen molar-refractivity contribution in [3.05, 3.63) is 71.8 Å². The summed E-state index contributed by atoms with van der Waals surface area (Å²) in [6.07, 6.45) is 0.334. The summed E-state index contributed by atoms with van der Waals surface area (Å²) < 4.78 is 0. The Morgan fingerprint density at radius 2 is 1.50 bits per heavy atom. The molecule has 0 unspecified atom stereocenters. The van der Waals surface area contributed by atoms with Gasteiger partial charge in [-0.3, -0.25) is 14.4 Å². The second-order valence-corrected chi connectivity index (χ2v) is 5.75. The van der Waals surface area contributed by atoms with Crippen molar-refractivity contribution in [2.24, 2.45) is 0 Å². The van der Waals surface area contributed by atoms with E-state index < -0.39 is 11.9 Å². The van der Waals surface area contributed by atoms with Gasteiger partial charge in [0.1, 0.15) is 6.04 Å². The Morgan fingerprint density at radius 1 is 0.885 bits per heavy atom. The van der Waals surface area contributed by atoms with Crippen LogP contribution >= 0.6 is 0 Å². The average Bonchev–Trinajstić information content (AvgIpc) is 2.67. The van der Waals surface area contributed by atoms with E-state index >= 15 is 0 Å². The zero-order valence-corrected chi connectivity index (χ0v) is 14.7. The van der Waals surface area contributed by atoms with Crippen LogP contribution in [0.3, 0.4) is 0 Å². The number of amides is 3. The number of hydrogen-bond acceptors (Lipinski definition) is 3. The molecule has 0 heterocycles. The fourth-order valence-corrected chi connectivity index (χ4v) is 2.44. The van der Waals surface area contributed by atoms with Gasteiger partial charge in [-0.2, -0.15) is 0 Å². The van der Waals surface area contributed by atoms with Gasteiger partial charge < -0.3 is 16.0 Å². The number of hydrogen-bond donors (Lipinski definition) is 3. The first kappa shape index (κ1) is 19.2. The van der Waals surface area contributed by atoms with Gasteiger partial charge >= 0.3 is 0 Å². The molecule has 3 amide bonds. The standard InChI is InChI=1S/C20H23N3O3/c1-2-21-18(24)14-22-20(26)17(13-15-9-5-3-6-10-15)23-19(25)16-11-7-4-8-12-16/h3-12,17H,2,13-14H2,1H3,(H,21,24)(H,22,26)(H,23,25)/t17-/m0/s1. The van der Waals surface area contributed by atoms with Crippen LogP contribution in [-0.4, -0.2) is 36.9 Å². The van der Waals surface area contributed by atoms with E-state index in [1.54, 1.807) is 31.2 Å². The summed E-state index contributed by atoms with van der Waals surface area (Å²) in [5.41, 5.74) is 1.39. The van der Waals surface area contributed by atoms with Crippen LogP contribution in [0.25, 0.3) is 0 Å². The van der Waals surface area contributed by atoms with Gasteiger partial charge in [-0.15, -0.1) is 0 Å². The third-order valence-electron chi connectivity index (χ3n) is 3.74. The number of rotatable bonds is 8. The smallest absolute Gasteiger partial charge is 0.251 e. The van der Waals surface area contributed by atoms with Crippen molar-refractivity contribution in [3.63, 3.8) is 0 Å². The van der Waals surface area contributed by atoms with Crippen molar-refractivity contribution in [2.45, 2.75) is 19.4 Å². The molecule has 0 aliphatic carbocycles. The van der Waals surface area contributed by atoms with E-state index in [0.717, 1.165) is 5.56 Å². The molecule has 3 N–H and O–H groups in total. The summed E-state index contributed by atoms with van der Waals surface area (Å²) in [5, 5.41) is 7.95. The molecule has 136 valence electrons. The van der Waals surface area contributed by atoms with E-state index in [-0.39, 0.29) is 18.4 Å². The lowest BCUT2D eigenvalue weighted by Crippen LogP contribution is -2.50. The Bertz CT molecular complexity index is 732. The minimum Gasteiger partial charge on any atom is -0.355 e. The van der Waals surface area contributed by atoms with E-state index in [1.165, 1.54) is 0 Å². The molecule has 0 bridgehead atoms. The van der Waals surface area contributed by atoms with Gasteiger partial charge in [0, 0.05) is 18.5 Å². The fraction of sp³-hybridized carbons (Fsp3) is 0.250. The Morgan fingerprint density at radius 3 is 2.12 bits per heavy atom. The molecule has 0 radical (unpaired) electrons. The molecule has 6 nitrogen and oxygen atoms in total. The van der Waals surface area contributed by atoms with Crippen LogP contribution in [0.5, 0.6) is 0 Å². The highest BCUT2D eigenvalue weighted by Gasteiger charge is 2.22. The summed E-state index contributed by atoms with van der Waals surface area (Å²) >= 11 is 0. The molecule has 2 aromatic rings. The van der Waals surface area contributed by atoms with Crippen LogP contribution in [0.4, 0.5) is 0 Å². The van der Waals surface area contributed by atoms with E-state index in [1.807, 2.05) is 36.4 Å². The Balaban J connectivity index is 2.06. The summed E-state index contributed by atoms with van der Waals surface area (Å²) in [4.78, 5) is 36.5. The number of carbonyl (C=O) groups is 3. The van der Waals surface area contributed by atoms with Gasteiger partial charge in [-0.25, -0.2) is 0 Å². The first-order valence-electron chi connectivity index (χ1n) is 8.54. The van der Waals surface area contributed by atoms with Gasteiger partial charge in [0.2, 0.25) is 11.8 Å². The van der Waals surface area contributed by atoms with Crippen molar-refractivity contribution in [1.29, 1.82) is 0 Å². The number of benzene rings is 2. The molecule has 0 saturated carbocycles. The molecular weight excluding hydrogens is 330 g/mol. The third-order valence-corrected chi connectivity index (χ3v) is 3.74. The predicted molar refractivity (Wildman–Crippen MR) is 99.5 cm³/mol. The fourth-order valence-electron chi connectivity index (χ4n) is 2.44. The molecule has 2 aromatic carbocycles. The second kappa shape index (κ2) is 9.98. The van der Waals surface area contributed by atoms with Gasteiger partial charge in [0.05, 0.1) is 6.54 Å². The highest BCUT2D eigenvalue weighted by molar-refractivity contribution is 5.98. The SMILES string of the molecule is CCNC(=O)CNC(=O)[C@H](Cc1ccccc1)NC(=O)c1ccccc1. The molecule has 0 fully saturated rings. The molecule has 0 aromatic heterocycles. The minimum absolute atomic E-state index is 0.126. The molecule has 0 aliphatic heterocycles. The number of carbonyl (C=O) groups excluding carboxylic acids is 3. The molecule has 26 heavy (non-hydrogen) atoms. The molecule has 0 aliphatic rings. The van der Waals surface area contributed by atoms with Crippen LogP contribution in [0.15, 0.2) is 60.7 Å². The Kier molecular flexibility index (Phi) is 7.36. The summed E-state index contributed by atoms with van der Waals surface area (Å²) in [6.45, 7) is 2.17. The van der Waals surface area contributed by atoms with Crippen LogP contribution in [0.2, 0.25) is 0 Å². The zero-order chi connectivity index (χ0) is 18.8. The number of likely N-dealkylation sites (N-methyl/N-ethyl adjacent to an activating group) is 1. The maximum Gasteiger partial charge on any atom is 0.251 e. The molecule has 0 saturated heterocycles. The van der Waals surface area contributed by atoms with Gasteiger partial charge in [0.25, 0.3) is 5.91 Å². The monoisotopic (exact) mass is 353 g/mol. The van der Waals surface area contributed by atoms with Gasteiger partial charge in [-0.1, -0.05) is 48.5 Å². The Labute approximate surface area is 153 Å². The summed E-state index contributed by atoms with van der Waals surface area (Å²) in [6, 6.07) is 17.3. The van der Waals surface area contributed by atoms with Crippen LogP contribution in [0, 0.1) is 0 Å². The molecule has 1 atom stereocenters. The highest BCUT2D eigenvalue weighted by atomic mass is 16.2. The predicted octanol–water partition coefficient (Wildman–Crippen LogP) is 1.28. The van der Waals surface area contributed by atoms with Crippen molar-refractivity contribution >= 4 is 17.7 Å². The first-order chi connectivity index (χ1) is 12.6. The highest BCUT2D eigenvalue weighted by Crippen LogP contribution is 2.05. The van der Waals surface area contributed by atoms with E-state index in [0.29, 0.717) is 18.5 Å². The average molecular weight is 353 g/mol. The topological polar surface area (TPSA) is 87.3 Å². The van der Waals surface area contributed by atoms with Crippen molar-refractivity contribution in [1.82, 2.24) is 16.0 Å². The van der Waals surface area contributed by atoms with Crippen LogP contribution in [0.1, 0.15) is 22.8 Å². The lowest BCUT2D eigenvalue weighted by Gasteiger charge is -2.18. The normalized spacial score (nSPS) is 11.3. The van der Waals surface area contributed by atoms with Gasteiger partial charge in [-0.05, 0) is 24.6 Å². The molecular formula is C20H23N3O3. The first-order valence-corrected chi connectivity index (χ1v) is 8.54. The van der Waals surface area contributed by atoms with Gasteiger partial charge in [0.15, 0.2) is 0 Å². The molecule has 2 rings (SSSR count). The van der Waals surface area contributed by atoms with Crippen molar-refractivity contribution in [2.75, 3.05) is 13.1 Å². The van der Waals surface area contributed by atoms with Crippen LogP contribution in [-0.2, 0) is 16.0 Å². The van der Waals surface area contributed by atoms with E-state index in [4.69, 9.17) is 0 Å². The summed E-state index contributed by atoms with van der Waals surface area (Å²) in [7, 11) is 0. The minimum atomic E-state index is -0.778. The Hall–Kier alpha value is -3.15. The maximum atomic E-state index is 12.5. The van der Waals surface area contributed by atoms with Crippen molar-refractivity contribution < 1.29 is 14.4 Å². The quantitative estimate of drug-likeness (QED) is 0.668. The zero-order valence-electron chi connectivity index (χ0n) is 14.7. The van der Waals surface area contributed by atoms with E-state index in [9.17, 15) is 14.4 Å². The molecule has 6 heteroatoms.